The Kier molecular flexibility index (Phi) is 7.19. The van der Waals surface area contributed by atoms with Gasteiger partial charge < -0.3 is 16.0 Å². The monoisotopic (exact) mass is 311 g/mol. The Bertz CT molecular complexity index is 488. The molecule has 0 aliphatic carbocycles. The maximum atomic E-state index is 12.2. The summed E-state index contributed by atoms with van der Waals surface area (Å²) in [7, 11) is 0. The fourth-order valence-corrected chi connectivity index (χ4v) is 2.23. The lowest BCUT2D eigenvalue weighted by atomic mass is 10.1. The van der Waals surface area contributed by atoms with Gasteiger partial charge in [0.2, 0.25) is 5.91 Å². The molecule has 1 unspecified atom stereocenters. The third-order valence-corrected chi connectivity index (χ3v) is 3.36. The minimum Gasteiger partial charge on any atom is -0.348 e. The van der Waals surface area contributed by atoms with Crippen LogP contribution in [0.15, 0.2) is 24.3 Å². The molecule has 6 heteroatoms. The van der Waals surface area contributed by atoms with Gasteiger partial charge in [-0.1, -0.05) is 13.0 Å². The number of rotatable bonds is 4. The molecule has 1 fully saturated rings. The molecule has 2 rings (SSSR count). The maximum Gasteiger partial charge on any atom is 0.251 e. The van der Waals surface area contributed by atoms with Crippen molar-refractivity contribution >= 4 is 29.9 Å². The molecular formula is C15H22ClN3O2. The summed E-state index contributed by atoms with van der Waals surface area (Å²) in [6.07, 6.45) is 2.51. The highest BCUT2D eigenvalue weighted by atomic mass is 35.5. The van der Waals surface area contributed by atoms with Crippen LogP contribution in [-0.4, -0.2) is 30.9 Å². The molecule has 5 nitrogen and oxygen atoms in total. The van der Waals surface area contributed by atoms with Crippen LogP contribution in [0.1, 0.15) is 36.5 Å². The number of hydrogen-bond acceptors (Lipinski definition) is 3. The lowest BCUT2D eigenvalue weighted by Crippen LogP contribution is -2.45. The molecule has 21 heavy (non-hydrogen) atoms. The normalized spacial score (nSPS) is 17.5. The van der Waals surface area contributed by atoms with E-state index in [0.717, 1.165) is 25.9 Å². The lowest BCUT2D eigenvalue weighted by Gasteiger charge is -2.23. The summed E-state index contributed by atoms with van der Waals surface area (Å²) in [6.45, 7) is 3.63. The van der Waals surface area contributed by atoms with E-state index in [4.69, 9.17) is 0 Å². The minimum absolute atomic E-state index is 0. The number of carbonyl (C=O) groups excluding carboxylic acids is 2. The minimum atomic E-state index is -0.0914. The second-order valence-corrected chi connectivity index (χ2v) is 5.00. The van der Waals surface area contributed by atoms with Gasteiger partial charge in [0.25, 0.3) is 5.91 Å². The van der Waals surface area contributed by atoms with Crippen LogP contribution in [0, 0.1) is 0 Å². The molecule has 1 aliphatic heterocycles. The van der Waals surface area contributed by atoms with Crippen LogP contribution in [0.3, 0.4) is 0 Å². The molecule has 0 saturated carbocycles. The summed E-state index contributed by atoms with van der Waals surface area (Å²) in [5, 5.41) is 9.04. The van der Waals surface area contributed by atoms with Gasteiger partial charge in [0.1, 0.15) is 0 Å². The predicted octanol–water partition coefficient (Wildman–Crippen LogP) is 1.94. The van der Waals surface area contributed by atoms with Crippen LogP contribution in [0.5, 0.6) is 0 Å². The van der Waals surface area contributed by atoms with Gasteiger partial charge in [-0.05, 0) is 37.6 Å². The second kappa shape index (κ2) is 8.64. The Morgan fingerprint density at radius 2 is 2.19 bits per heavy atom. The van der Waals surface area contributed by atoms with E-state index in [1.54, 1.807) is 31.2 Å². The summed E-state index contributed by atoms with van der Waals surface area (Å²) in [4.78, 5) is 23.5. The zero-order chi connectivity index (χ0) is 14.4. The highest BCUT2D eigenvalue weighted by molar-refractivity contribution is 5.97. The van der Waals surface area contributed by atoms with Gasteiger partial charge in [-0.25, -0.2) is 0 Å². The zero-order valence-electron chi connectivity index (χ0n) is 12.1. The molecule has 0 bridgehead atoms. The smallest absolute Gasteiger partial charge is 0.251 e. The topological polar surface area (TPSA) is 70.2 Å². The van der Waals surface area contributed by atoms with Crippen LogP contribution in [0.2, 0.25) is 0 Å². The van der Waals surface area contributed by atoms with Crippen LogP contribution in [-0.2, 0) is 4.79 Å². The van der Waals surface area contributed by atoms with Crippen LogP contribution in [0.25, 0.3) is 0 Å². The van der Waals surface area contributed by atoms with Crippen LogP contribution in [0.4, 0.5) is 5.69 Å². The number of anilines is 1. The number of piperidine rings is 1. The van der Waals surface area contributed by atoms with Gasteiger partial charge in [-0.15, -0.1) is 12.4 Å². The molecule has 0 aromatic heterocycles. The highest BCUT2D eigenvalue weighted by Crippen LogP contribution is 2.12. The number of carbonyl (C=O) groups is 2. The summed E-state index contributed by atoms with van der Waals surface area (Å²) < 4.78 is 0. The molecule has 2 amide bonds. The van der Waals surface area contributed by atoms with Crippen molar-refractivity contribution in [1.29, 1.82) is 0 Å². The third kappa shape index (κ3) is 5.36. The molecule has 1 aromatic carbocycles. The van der Waals surface area contributed by atoms with Crippen molar-refractivity contribution in [1.82, 2.24) is 10.6 Å². The van der Waals surface area contributed by atoms with Gasteiger partial charge in [-0.2, -0.15) is 0 Å². The predicted molar refractivity (Wildman–Crippen MR) is 86.0 cm³/mol. The third-order valence-electron chi connectivity index (χ3n) is 3.36. The SMILES string of the molecule is CCC(=O)Nc1cccc(C(=O)NC2CCCNC2)c1.Cl. The highest BCUT2D eigenvalue weighted by Gasteiger charge is 2.16. The molecule has 0 spiro atoms. The molecule has 3 N–H and O–H groups in total. The van der Waals surface area contributed by atoms with Crippen molar-refractivity contribution in [3.8, 4) is 0 Å². The summed E-state index contributed by atoms with van der Waals surface area (Å²) in [5.74, 6) is -0.148. The van der Waals surface area contributed by atoms with Crippen molar-refractivity contribution in [3.63, 3.8) is 0 Å². The standard InChI is InChI=1S/C15H21N3O2.ClH/c1-2-14(19)17-12-6-3-5-11(9-12)15(20)18-13-7-4-8-16-10-13;/h3,5-6,9,13,16H,2,4,7-8,10H2,1H3,(H,17,19)(H,18,20);1H. The Hall–Kier alpha value is -1.59. The van der Waals surface area contributed by atoms with E-state index in [9.17, 15) is 9.59 Å². The molecule has 116 valence electrons. The Morgan fingerprint density at radius 3 is 2.86 bits per heavy atom. The average Bonchev–Trinajstić information content (AvgIpc) is 2.48. The van der Waals surface area contributed by atoms with E-state index in [1.165, 1.54) is 0 Å². The van der Waals surface area contributed by atoms with Gasteiger partial charge in [0, 0.05) is 30.3 Å². The van der Waals surface area contributed by atoms with Gasteiger partial charge in [0.05, 0.1) is 0 Å². The van der Waals surface area contributed by atoms with Gasteiger partial charge in [0.15, 0.2) is 0 Å². The molecule has 1 saturated heterocycles. The number of nitrogens with one attached hydrogen (secondary N) is 3. The van der Waals surface area contributed by atoms with Crippen molar-refractivity contribution in [2.24, 2.45) is 0 Å². The molecule has 1 aliphatic rings. The maximum absolute atomic E-state index is 12.2. The quantitative estimate of drug-likeness (QED) is 0.796. The van der Waals surface area contributed by atoms with E-state index in [1.807, 2.05) is 0 Å². The van der Waals surface area contributed by atoms with Crippen LogP contribution < -0.4 is 16.0 Å². The van der Waals surface area contributed by atoms with E-state index < -0.39 is 0 Å². The number of hydrogen-bond donors (Lipinski definition) is 3. The van der Waals surface area contributed by atoms with Gasteiger partial charge >= 0.3 is 0 Å². The van der Waals surface area contributed by atoms with Crippen LogP contribution >= 0.6 is 12.4 Å². The summed E-state index contributed by atoms with van der Waals surface area (Å²) in [5.41, 5.74) is 1.23. The number of benzene rings is 1. The number of amides is 2. The van der Waals surface area contributed by atoms with Crippen molar-refractivity contribution in [3.05, 3.63) is 29.8 Å². The fraction of sp³-hybridized carbons (Fsp3) is 0.467. The largest absolute Gasteiger partial charge is 0.348 e. The molecule has 0 radical (unpaired) electrons. The van der Waals surface area contributed by atoms with Gasteiger partial charge in [-0.3, -0.25) is 9.59 Å². The Labute approximate surface area is 131 Å². The van der Waals surface area contributed by atoms with Crippen molar-refractivity contribution < 1.29 is 9.59 Å². The fourth-order valence-electron chi connectivity index (χ4n) is 2.23. The van der Waals surface area contributed by atoms with Crippen molar-refractivity contribution in [2.75, 3.05) is 18.4 Å². The lowest BCUT2D eigenvalue weighted by molar-refractivity contribution is -0.115. The second-order valence-electron chi connectivity index (χ2n) is 5.00. The molecule has 1 heterocycles. The van der Waals surface area contributed by atoms with E-state index in [0.29, 0.717) is 17.7 Å². The Balaban J connectivity index is 0.00000220. The van der Waals surface area contributed by atoms with Crippen molar-refractivity contribution in [2.45, 2.75) is 32.2 Å². The Morgan fingerprint density at radius 1 is 1.38 bits per heavy atom. The average molecular weight is 312 g/mol. The first-order valence-corrected chi connectivity index (χ1v) is 7.10. The molecular weight excluding hydrogens is 290 g/mol. The summed E-state index contributed by atoms with van der Waals surface area (Å²) >= 11 is 0. The van der Waals surface area contributed by atoms with E-state index in [2.05, 4.69) is 16.0 Å². The first-order chi connectivity index (χ1) is 9.69. The summed E-state index contributed by atoms with van der Waals surface area (Å²) in [6, 6.07) is 7.21. The number of halogens is 1. The first-order valence-electron chi connectivity index (χ1n) is 7.10. The van der Waals surface area contributed by atoms with E-state index >= 15 is 0 Å². The molecule has 1 atom stereocenters. The van der Waals surface area contributed by atoms with E-state index in [-0.39, 0.29) is 30.3 Å². The molecule has 1 aromatic rings. The first kappa shape index (κ1) is 17.5. The zero-order valence-corrected chi connectivity index (χ0v) is 13.0.